The highest BCUT2D eigenvalue weighted by atomic mass is 127. The molecule has 0 N–H and O–H groups in total. The van der Waals surface area contributed by atoms with Gasteiger partial charge in [-0.3, -0.25) is 19.1 Å². The van der Waals surface area contributed by atoms with Crippen molar-refractivity contribution >= 4 is 44.5 Å². The molecule has 1 aliphatic rings. The van der Waals surface area contributed by atoms with E-state index in [2.05, 4.69) is 32.6 Å². The van der Waals surface area contributed by atoms with E-state index in [1.807, 2.05) is 21.3 Å². The van der Waals surface area contributed by atoms with Crippen molar-refractivity contribution in [3.63, 3.8) is 0 Å². The zero-order chi connectivity index (χ0) is 21.8. The summed E-state index contributed by atoms with van der Waals surface area (Å²) in [5, 5.41) is 0.877. The van der Waals surface area contributed by atoms with E-state index in [0.29, 0.717) is 0 Å². The van der Waals surface area contributed by atoms with Gasteiger partial charge >= 0.3 is 11.9 Å². The van der Waals surface area contributed by atoms with Gasteiger partial charge in [0.05, 0.1) is 35.0 Å². The van der Waals surface area contributed by atoms with Gasteiger partial charge in [-0.1, -0.05) is 0 Å². The zero-order valence-electron chi connectivity index (χ0n) is 16.4. The van der Waals surface area contributed by atoms with Crippen LogP contribution in [0, 0.1) is 3.57 Å². The second-order valence-corrected chi connectivity index (χ2v) is 8.94. The molecule has 0 aliphatic heterocycles. The Morgan fingerprint density at radius 2 is 1.74 bits per heavy atom. The first-order valence-electron chi connectivity index (χ1n) is 10.1. The lowest BCUT2D eigenvalue weighted by molar-refractivity contribution is -0.135. The second kappa shape index (κ2) is 7.64. The van der Waals surface area contributed by atoms with Gasteiger partial charge in [0.2, 0.25) is 0 Å². The molecule has 4 heterocycles. The van der Waals surface area contributed by atoms with E-state index in [1.54, 1.807) is 29.4 Å². The highest BCUT2D eigenvalue weighted by Crippen LogP contribution is 2.36. The maximum atomic E-state index is 13.3. The van der Waals surface area contributed by atoms with Gasteiger partial charge in [-0.05, 0) is 54.0 Å². The number of alkyl halides is 3. The van der Waals surface area contributed by atoms with Crippen LogP contribution in [0.15, 0.2) is 41.7 Å². The molecule has 4 aromatic rings. The number of aromatic nitrogens is 5. The molecule has 0 spiro atoms. The van der Waals surface area contributed by atoms with Crippen LogP contribution in [0.5, 0.6) is 0 Å². The first-order chi connectivity index (χ1) is 14.8. The molecule has 1 aliphatic carbocycles. The minimum atomic E-state index is -4.20. The van der Waals surface area contributed by atoms with Gasteiger partial charge in [0.25, 0.3) is 0 Å². The van der Waals surface area contributed by atoms with Crippen molar-refractivity contribution in [1.82, 2.24) is 23.7 Å². The first-order valence-corrected chi connectivity index (χ1v) is 11.1. The summed E-state index contributed by atoms with van der Waals surface area (Å²) in [6.45, 7) is 0.479. The van der Waals surface area contributed by atoms with E-state index in [0.717, 1.165) is 44.0 Å². The maximum absolute atomic E-state index is 13.3. The van der Waals surface area contributed by atoms with Crippen LogP contribution in [-0.4, -0.2) is 29.8 Å². The smallest absolute Gasteiger partial charge is 0.342 e. The number of halogens is 4. The Balaban J connectivity index is 1.61. The number of fused-ring (bicyclic) bond motifs is 2. The van der Waals surface area contributed by atoms with Gasteiger partial charge in [-0.15, -0.1) is 0 Å². The van der Waals surface area contributed by atoms with Gasteiger partial charge in [-0.2, -0.15) is 13.2 Å². The van der Waals surface area contributed by atoms with Crippen LogP contribution in [0.1, 0.15) is 37.4 Å². The summed E-state index contributed by atoms with van der Waals surface area (Å²) in [6.07, 6.45) is 3.59. The molecule has 0 bridgehead atoms. The fourth-order valence-corrected chi connectivity index (χ4v) is 5.05. The Hall–Kier alpha value is -2.37. The summed E-state index contributed by atoms with van der Waals surface area (Å²) in [6, 6.07) is 3.87. The van der Waals surface area contributed by atoms with Gasteiger partial charge < -0.3 is 4.57 Å². The van der Waals surface area contributed by atoms with Crippen molar-refractivity contribution in [3.05, 3.63) is 56.7 Å². The largest absolute Gasteiger partial charge is 0.389 e. The Bertz CT molecular complexity index is 1330. The van der Waals surface area contributed by atoms with Crippen molar-refractivity contribution in [2.24, 2.45) is 0 Å². The Kier molecular flexibility index (Phi) is 5.06. The predicted molar refractivity (Wildman–Crippen MR) is 119 cm³/mol. The fraction of sp³-hybridized carbons (Fsp3) is 0.381. The molecule has 0 aromatic carbocycles. The van der Waals surface area contributed by atoms with Crippen molar-refractivity contribution in [2.75, 3.05) is 0 Å². The van der Waals surface area contributed by atoms with Crippen molar-refractivity contribution in [2.45, 2.75) is 51.0 Å². The van der Waals surface area contributed by atoms with Crippen molar-refractivity contribution in [3.8, 4) is 0 Å². The maximum Gasteiger partial charge on any atom is 0.389 e. The van der Waals surface area contributed by atoms with Crippen LogP contribution in [0.2, 0.25) is 0 Å². The monoisotopic (exact) mass is 541 g/mol. The summed E-state index contributed by atoms with van der Waals surface area (Å²) < 4.78 is 44.6. The molecule has 0 saturated heterocycles. The SMILES string of the molecule is O=c1n(Cc2c(I)c3cnccc3n2CCCC(F)(F)F)c2cnccc2n1C1CC1. The lowest BCUT2D eigenvalue weighted by atomic mass is 10.3. The van der Waals surface area contributed by atoms with Gasteiger partial charge in [-0.25, -0.2) is 4.79 Å². The highest BCUT2D eigenvalue weighted by molar-refractivity contribution is 14.1. The van der Waals surface area contributed by atoms with Gasteiger partial charge in [0, 0.05) is 46.6 Å². The molecule has 10 heteroatoms. The van der Waals surface area contributed by atoms with Crippen LogP contribution in [0.4, 0.5) is 13.2 Å². The second-order valence-electron chi connectivity index (χ2n) is 7.86. The Morgan fingerprint density at radius 3 is 2.45 bits per heavy atom. The highest BCUT2D eigenvalue weighted by Gasteiger charge is 2.30. The third-order valence-electron chi connectivity index (χ3n) is 5.73. The minimum Gasteiger partial charge on any atom is -0.342 e. The summed E-state index contributed by atoms with van der Waals surface area (Å²) in [5.41, 5.74) is 3.12. The van der Waals surface area contributed by atoms with Crippen LogP contribution >= 0.6 is 22.6 Å². The number of hydrogen-bond donors (Lipinski definition) is 0. The van der Waals surface area contributed by atoms with Crippen molar-refractivity contribution in [1.29, 1.82) is 0 Å². The molecular formula is C21H19F3IN5O. The molecule has 162 valence electrons. The van der Waals surface area contributed by atoms with Crippen LogP contribution in [-0.2, 0) is 13.1 Å². The van der Waals surface area contributed by atoms with Crippen LogP contribution < -0.4 is 5.69 Å². The van der Waals surface area contributed by atoms with Crippen LogP contribution in [0.25, 0.3) is 21.9 Å². The van der Waals surface area contributed by atoms with Gasteiger partial charge in [0.15, 0.2) is 0 Å². The van der Waals surface area contributed by atoms with E-state index in [4.69, 9.17) is 0 Å². The molecule has 1 saturated carbocycles. The standard InChI is InChI=1S/C21H19F3IN5O/c22-21(23,24)6-1-9-28-15-4-7-26-10-14(15)19(25)18(28)12-29-17-11-27-8-5-16(17)30(20(29)31)13-2-3-13/h4-5,7-8,10-11,13H,1-3,6,9,12H2. The van der Waals surface area contributed by atoms with E-state index >= 15 is 0 Å². The Morgan fingerprint density at radius 1 is 1.03 bits per heavy atom. The zero-order valence-corrected chi connectivity index (χ0v) is 18.6. The number of nitrogens with zero attached hydrogens (tertiary/aromatic N) is 5. The molecule has 0 atom stereocenters. The lowest BCUT2D eigenvalue weighted by Crippen LogP contribution is -2.25. The first kappa shape index (κ1) is 20.5. The molecule has 5 rings (SSSR count). The number of hydrogen-bond acceptors (Lipinski definition) is 3. The van der Waals surface area contributed by atoms with E-state index in [9.17, 15) is 18.0 Å². The summed E-state index contributed by atoms with van der Waals surface area (Å²) in [5.74, 6) is 0. The summed E-state index contributed by atoms with van der Waals surface area (Å²) in [7, 11) is 0. The molecule has 0 unspecified atom stereocenters. The number of rotatable bonds is 6. The van der Waals surface area contributed by atoms with E-state index < -0.39 is 12.6 Å². The molecule has 31 heavy (non-hydrogen) atoms. The lowest BCUT2D eigenvalue weighted by Gasteiger charge is -2.13. The third kappa shape index (κ3) is 3.74. The van der Waals surface area contributed by atoms with E-state index in [1.165, 1.54) is 0 Å². The molecule has 1 fully saturated rings. The quantitative estimate of drug-likeness (QED) is 0.327. The summed E-state index contributed by atoms with van der Waals surface area (Å²) >= 11 is 2.20. The summed E-state index contributed by atoms with van der Waals surface area (Å²) in [4.78, 5) is 21.7. The average molecular weight is 541 g/mol. The van der Waals surface area contributed by atoms with Crippen LogP contribution in [0.3, 0.4) is 0 Å². The normalized spacial score (nSPS) is 14.7. The molecule has 0 amide bonds. The molecule has 4 aromatic heterocycles. The number of imidazole rings is 1. The molecule has 6 nitrogen and oxygen atoms in total. The third-order valence-corrected chi connectivity index (χ3v) is 6.94. The number of pyridine rings is 2. The fourth-order valence-electron chi connectivity index (χ4n) is 4.17. The van der Waals surface area contributed by atoms with Gasteiger partial charge in [0.1, 0.15) is 0 Å². The minimum absolute atomic E-state index is 0.0288. The topological polar surface area (TPSA) is 57.6 Å². The Labute approximate surface area is 188 Å². The van der Waals surface area contributed by atoms with Crippen molar-refractivity contribution < 1.29 is 13.2 Å². The van der Waals surface area contributed by atoms with E-state index in [-0.39, 0.29) is 31.2 Å². The average Bonchev–Trinajstić information content (AvgIpc) is 3.48. The molecule has 0 radical (unpaired) electrons. The molecular weight excluding hydrogens is 522 g/mol. The number of aryl methyl sites for hydroxylation is 1. The predicted octanol–water partition coefficient (Wildman–Crippen LogP) is 4.88.